The molecule has 0 aliphatic carbocycles. The highest BCUT2D eigenvalue weighted by Gasteiger charge is 2.33. The molecule has 1 aromatic carbocycles. The van der Waals surface area contributed by atoms with Gasteiger partial charge in [0, 0.05) is 10.5 Å². The molecule has 2 rings (SSSR count). The lowest BCUT2D eigenvalue weighted by Crippen LogP contribution is -2.35. The van der Waals surface area contributed by atoms with Crippen molar-refractivity contribution in [1.82, 2.24) is 4.90 Å². The summed E-state index contributed by atoms with van der Waals surface area (Å²) in [5.41, 5.74) is 1.99. The molecule has 1 unspecified atom stereocenters. The third-order valence-electron chi connectivity index (χ3n) is 2.97. The van der Waals surface area contributed by atoms with Crippen LogP contribution in [0.25, 0.3) is 6.08 Å². The number of benzene rings is 1. The first-order valence-corrected chi connectivity index (χ1v) is 6.72. The number of amides is 2. The first kappa shape index (κ1) is 13.8. The summed E-state index contributed by atoms with van der Waals surface area (Å²) in [6.07, 6.45) is 2.53. The molecule has 1 aliphatic rings. The molecule has 1 aromatic rings. The molecule has 19 heavy (non-hydrogen) atoms. The van der Waals surface area contributed by atoms with Gasteiger partial charge in [-0.15, -0.1) is 0 Å². The van der Waals surface area contributed by atoms with Gasteiger partial charge >= 0.3 is 6.09 Å². The Hall–Kier alpha value is -1.62. The molecular formula is C14H14BrNO3. The molecular weight excluding hydrogens is 310 g/mol. The predicted octanol–water partition coefficient (Wildman–Crippen LogP) is 3.14. The highest BCUT2D eigenvalue weighted by atomic mass is 79.9. The number of hydrogen-bond acceptors (Lipinski definition) is 3. The second-order valence-corrected chi connectivity index (χ2v) is 5.38. The zero-order valence-electron chi connectivity index (χ0n) is 10.7. The molecule has 0 aromatic heterocycles. The molecule has 100 valence electrons. The van der Waals surface area contributed by atoms with Crippen LogP contribution >= 0.6 is 15.9 Å². The van der Waals surface area contributed by atoms with Gasteiger partial charge in [0.1, 0.15) is 6.61 Å². The molecule has 0 bridgehead atoms. The van der Waals surface area contributed by atoms with Gasteiger partial charge in [-0.3, -0.25) is 4.79 Å². The van der Waals surface area contributed by atoms with Crippen molar-refractivity contribution in [3.05, 3.63) is 39.9 Å². The predicted molar refractivity (Wildman–Crippen MR) is 75.6 cm³/mol. The zero-order chi connectivity index (χ0) is 14.0. The molecule has 4 nitrogen and oxygen atoms in total. The fourth-order valence-electron chi connectivity index (χ4n) is 1.86. The number of ether oxygens (including phenoxy) is 1. The summed E-state index contributed by atoms with van der Waals surface area (Å²) in [6.45, 7) is 4.00. The van der Waals surface area contributed by atoms with Crippen molar-refractivity contribution in [2.75, 3.05) is 6.61 Å². The Balaban J connectivity index is 2.16. The normalized spacial score (nSPS) is 19.0. The smallest absolute Gasteiger partial charge is 0.417 e. The van der Waals surface area contributed by atoms with Gasteiger partial charge in [-0.25, -0.2) is 9.69 Å². The van der Waals surface area contributed by atoms with Crippen LogP contribution in [0, 0.1) is 6.92 Å². The van der Waals surface area contributed by atoms with Gasteiger partial charge in [0.05, 0.1) is 6.04 Å². The summed E-state index contributed by atoms with van der Waals surface area (Å²) in [5.74, 6) is -0.352. The van der Waals surface area contributed by atoms with Gasteiger partial charge in [-0.2, -0.15) is 0 Å². The maximum Gasteiger partial charge on any atom is 0.417 e. The minimum atomic E-state index is -0.576. The Bertz CT molecular complexity index is 554. The third kappa shape index (κ3) is 3.04. The van der Waals surface area contributed by atoms with Crippen LogP contribution in [0.5, 0.6) is 0 Å². The summed E-state index contributed by atoms with van der Waals surface area (Å²) in [5, 5.41) is 0. The van der Waals surface area contributed by atoms with E-state index >= 15 is 0 Å². The number of rotatable bonds is 2. The summed E-state index contributed by atoms with van der Waals surface area (Å²) < 4.78 is 5.76. The molecule has 1 fully saturated rings. The number of aryl methyl sites for hydroxylation is 1. The fourth-order valence-corrected chi connectivity index (χ4v) is 2.23. The van der Waals surface area contributed by atoms with E-state index in [4.69, 9.17) is 4.74 Å². The number of carbonyl (C=O) groups is 2. The number of nitrogens with zero attached hydrogens (tertiary/aromatic N) is 1. The van der Waals surface area contributed by atoms with Crippen molar-refractivity contribution in [1.29, 1.82) is 0 Å². The summed E-state index contributed by atoms with van der Waals surface area (Å²) in [7, 11) is 0. The van der Waals surface area contributed by atoms with Crippen molar-refractivity contribution in [2.45, 2.75) is 19.9 Å². The van der Waals surface area contributed by atoms with Crippen LogP contribution in [0.2, 0.25) is 0 Å². The maximum atomic E-state index is 12.0. The number of cyclic esters (lactones) is 1. The molecule has 0 saturated carbocycles. The van der Waals surface area contributed by atoms with Gasteiger partial charge in [0.15, 0.2) is 0 Å². The van der Waals surface area contributed by atoms with Crippen LogP contribution in [-0.2, 0) is 9.53 Å². The highest BCUT2D eigenvalue weighted by Crippen LogP contribution is 2.18. The highest BCUT2D eigenvalue weighted by molar-refractivity contribution is 9.10. The second-order valence-electron chi connectivity index (χ2n) is 4.47. The van der Waals surface area contributed by atoms with Crippen molar-refractivity contribution < 1.29 is 14.3 Å². The van der Waals surface area contributed by atoms with Gasteiger partial charge in [-0.05, 0) is 43.2 Å². The van der Waals surface area contributed by atoms with Crippen molar-refractivity contribution >= 4 is 34.0 Å². The van der Waals surface area contributed by atoms with E-state index in [1.54, 1.807) is 13.0 Å². The average molecular weight is 324 g/mol. The molecule has 0 N–H and O–H groups in total. The molecule has 1 saturated heterocycles. The molecule has 1 heterocycles. The molecule has 2 amide bonds. The molecule has 0 radical (unpaired) electrons. The SMILES string of the molecule is Cc1ccc(Br)cc1/C=C/C(=O)N1C(=O)OCC1C. The van der Waals surface area contributed by atoms with Crippen molar-refractivity contribution in [3.63, 3.8) is 0 Å². The average Bonchev–Trinajstić information content (AvgIpc) is 2.70. The van der Waals surface area contributed by atoms with Crippen molar-refractivity contribution in [2.24, 2.45) is 0 Å². The van der Waals surface area contributed by atoms with Gasteiger partial charge < -0.3 is 4.74 Å². The molecule has 0 spiro atoms. The first-order valence-electron chi connectivity index (χ1n) is 5.93. The van der Waals surface area contributed by atoms with E-state index in [9.17, 15) is 9.59 Å². The largest absolute Gasteiger partial charge is 0.447 e. The molecule has 1 atom stereocenters. The summed E-state index contributed by atoms with van der Waals surface area (Å²) in [6, 6.07) is 5.61. The monoisotopic (exact) mass is 323 g/mol. The van der Waals surface area contributed by atoms with Crippen LogP contribution in [0.1, 0.15) is 18.1 Å². The number of halogens is 1. The number of carbonyl (C=O) groups excluding carboxylic acids is 2. The van der Waals surface area contributed by atoms with Crippen molar-refractivity contribution in [3.8, 4) is 0 Å². The van der Waals surface area contributed by atoms with Crippen LogP contribution in [0.3, 0.4) is 0 Å². The van der Waals surface area contributed by atoms with E-state index in [2.05, 4.69) is 15.9 Å². The minimum Gasteiger partial charge on any atom is -0.447 e. The zero-order valence-corrected chi connectivity index (χ0v) is 12.3. The Kier molecular flexibility index (Phi) is 4.04. The van der Waals surface area contributed by atoms with Crippen LogP contribution in [0.4, 0.5) is 4.79 Å². The second kappa shape index (κ2) is 5.57. The minimum absolute atomic E-state index is 0.215. The van der Waals surface area contributed by atoms with E-state index in [-0.39, 0.29) is 18.6 Å². The van der Waals surface area contributed by atoms with E-state index in [0.717, 1.165) is 20.5 Å². The van der Waals surface area contributed by atoms with Gasteiger partial charge in [0.25, 0.3) is 5.91 Å². The Morgan fingerprint density at radius 2 is 2.26 bits per heavy atom. The van der Waals surface area contributed by atoms with Crippen LogP contribution < -0.4 is 0 Å². The van der Waals surface area contributed by atoms with E-state index < -0.39 is 6.09 Å². The van der Waals surface area contributed by atoms with E-state index in [0.29, 0.717) is 0 Å². The molecule has 5 heteroatoms. The topological polar surface area (TPSA) is 46.6 Å². The molecule has 1 aliphatic heterocycles. The Morgan fingerprint density at radius 1 is 1.53 bits per heavy atom. The van der Waals surface area contributed by atoms with Gasteiger partial charge in [-0.1, -0.05) is 22.0 Å². The van der Waals surface area contributed by atoms with Gasteiger partial charge in [0.2, 0.25) is 0 Å². The third-order valence-corrected chi connectivity index (χ3v) is 3.46. The Labute approximate surface area is 120 Å². The lowest BCUT2D eigenvalue weighted by Gasteiger charge is -2.13. The van der Waals surface area contributed by atoms with Crippen LogP contribution in [-0.4, -0.2) is 29.5 Å². The summed E-state index contributed by atoms with van der Waals surface area (Å²) in [4.78, 5) is 24.5. The maximum absolute atomic E-state index is 12.0. The van der Waals surface area contributed by atoms with Crippen LogP contribution in [0.15, 0.2) is 28.7 Å². The number of imide groups is 1. The standard InChI is InChI=1S/C14H14BrNO3/c1-9-3-5-12(15)7-11(9)4-6-13(17)16-10(2)8-19-14(16)18/h3-7,10H,8H2,1-2H3/b6-4+. The lowest BCUT2D eigenvalue weighted by atomic mass is 10.1. The summed E-state index contributed by atoms with van der Waals surface area (Å²) >= 11 is 3.39. The Morgan fingerprint density at radius 3 is 2.89 bits per heavy atom. The van der Waals surface area contributed by atoms with E-state index in [1.807, 2.05) is 25.1 Å². The quantitative estimate of drug-likeness (QED) is 0.785. The fraction of sp³-hybridized carbons (Fsp3) is 0.286. The number of hydrogen-bond donors (Lipinski definition) is 0. The lowest BCUT2D eigenvalue weighted by molar-refractivity contribution is -0.123. The first-order chi connectivity index (χ1) is 8.99. The van der Waals surface area contributed by atoms with E-state index in [1.165, 1.54) is 6.08 Å².